The first-order valence-corrected chi connectivity index (χ1v) is 7.05. The van der Waals surface area contributed by atoms with Crippen LogP contribution in [0.15, 0.2) is 30.0 Å². The zero-order valence-corrected chi connectivity index (χ0v) is 12.0. The van der Waals surface area contributed by atoms with Crippen LogP contribution in [0.4, 0.5) is 0 Å². The first kappa shape index (κ1) is 13.2. The van der Waals surface area contributed by atoms with Gasteiger partial charge in [-0.15, -0.1) is 0 Å². The Hall–Kier alpha value is -1.81. The maximum atomic E-state index is 12.4. The molecule has 1 fully saturated rings. The molecule has 0 radical (unpaired) electrons. The molecule has 3 rings (SSSR count). The van der Waals surface area contributed by atoms with Gasteiger partial charge in [0.2, 0.25) is 0 Å². The Morgan fingerprint density at radius 2 is 1.60 bits per heavy atom. The molecule has 1 aromatic rings. The molecule has 0 aliphatic carbocycles. The smallest absolute Gasteiger partial charge is 0.277 e. The monoisotopic (exact) mass is 290 g/mol. The molecule has 5 heteroatoms. The summed E-state index contributed by atoms with van der Waals surface area (Å²) in [5.74, 6) is -0.443. The summed E-state index contributed by atoms with van der Waals surface area (Å²) in [6, 6.07) is 7.05. The molecule has 20 heavy (non-hydrogen) atoms. The number of halogens is 1. The van der Waals surface area contributed by atoms with Gasteiger partial charge < -0.3 is 4.90 Å². The standard InChI is InChI=1S/C15H15ClN2O2/c1-17-14(19)12(10-4-6-11(16)7-5-10)13(15(17)20)18-8-2-3-9-18/h4-7H,2-3,8-9H2,1H3. The summed E-state index contributed by atoms with van der Waals surface area (Å²) in [6.45, 7) is 1.67. The van der Waals surface area contributed by atoms with Gasteiger partial charge in [0.1, 0.15) is 5.70 Å². The lowest BCUT2D eigenvalue weighted by Gasteiger charge is -2.18. The molecule has 0 unspecified atom stereocenters. The number of carbonyl (C=O) groups is 2. The van der Waals surface area contributed by atoms with Crippen LogP contribution in [-0.2, 0) is 9.59 Å². The maximum Gasteiger partial charge on any atom is 0.277 e. The molecule has 0 bridgehead atoms. The van der Waals surface area contributed by atoms with Crippen LogP contribution in [0.3, 0.4) is 0 Å². The predicted molar refractivity (Wildman–Crippen MR) is 77.0 cm³/mol. The first-order valence-electron chi connectivity index (χ1n) is 6.67. The summed E-state index contributed by atoms with van der Waals surface area (Å²) in [6.07, 6.45) is 2.12. The quantitative estimate of drug-likeness (QED) is 0.784. The molecule has 4 nitrogen and oxygen atoms in total. The lowest BCUT2D eigenvalue weighted by atomic mass is 10.0. The second-order valence-corrected chi connectivity index (χ2v) is 5.53. The van der Waals surface area contributed by atoms with Gasteiger partial charge in [-0.3, -0.25) is 14.5 Å². The molecule has 104 valence electrons. The van der Waals surface area contributed by atoms with E-state index in [2.05, 4.69) is 0 Å². The van der Waals surface area contributed by atoms with Crippen molar-refractivity contribution in [2.75, 3.05) is 20.1 Å². The van der Waals surface area contributed by atoms with E-state index >= 15 is 0 Å². The molecule has 0 N–H and O–H groups in total. The topological polar surface area (TPSA) is 40.6 Å². The van der Waals surface area contributed by atoms with E-state index in [0.29, 0.717) is 16.3 Å². The molecule has 2 amide bonds. The number of carbonyl (C=O) groups excluding carboxylic acids is 2. The van der Waals surface area contributed by atoms with E-state index in [1.165, 1.54) is 11.9 Å². The SMILES string of the molecule is CN1C(=O)C(c2ccc(Cl)cc2)=C(N2CCCC2)C1=O. The average Bonchev–Trinajstić information content (AvgIpc) is 3.03. The molecular weight excluding hydrogens is 276 g/mol. The summed E-state index contributed by atoms with van der Waals surface area (Å²) < 4.78 is 0. The van der Waals surface area contributed by atoms with Gasteiger partial charge in [-0.05, 0) is 30.5 Å². The van der Waals surface area contributed by atoms with Crippen molar-refractivity contribution in [3.63, 3.8) is 0 Å². The van der Waals surface area contributed by atoms with E-state index in [1.807, 2.05) is 4.90 Å². The van der Waals surface area contributed by atoms with Crippen LogP contribution in [-0.4, -0.2) is 41.8 Å². The fraction of sp³-hybridized carbons (Fsp3) is 0.333. The van der Waals surface area contributed by atoms with E-state index in [4.69, 9.17) is 11.6 Å². The second kappa shape index (κ2) is 4.94. The largest absolute Gasteiger partial charge is 0.366 e. The number of imide groups is 1. The molecule has 0 atom stereocenters. The van der Waals surface area contributed by atoms with Crippen LogP contribution in [0.5, 0.6) is 0 Å². The van der Waals surface area contributed by atoms with Crippen molar-refractivity contribution in [3.8, 4) is 0 Å². The number of likely N-dealkylation sites (tertiary alicyclic amines) is 1. The van der Waals surface area contributed by atoms with Crippen molar-refractivity contribution in [3.05, 3.63) is 40.5 Å². The number of hydrogen-bond acceptors (Lipinski definition) is 3. The highest BCUT2D eigenvalue weighted by molar-refractivity contribution is 6.35. The summed E-state index contributed by atoms with van der Waals surface area (Å²) in [5, 5.41) is 0.613. The van der Waals surface area contributed by atoms with Gasteiger partial charge >= 0.3 is 0 Å². The van der Waals surface area contributed by atoms with Crippen molar-refractivity contribution in [2.24, 2.45) is 0 Å². The van der Waals surface area contributed by atoms with Crippen LogP contribution in [0.1, 0.15) is 18.4 Å². The summed E-state index contributed by atoms with van der Waals surface area (Å²) >= 11 is 5.89. The third-order valence-corrected chi connectivity index (χ3v) is 4.07. The maximum absolute atomic E-state index is 12.4. The van der Waals surface area contributed by atoms with Gasteiger partial charge in [0.25, 0.3) is 11.8 Å². The van der Waals surface area contributed by atoms with Crippen molar-refractivity contribution in [2.45, 2.75) is 12.8 Å². The van der Waals surface area contributed by atoms with Crippen molar-refractivity contribution in [1.29, 1.82) is 0 Å². The lowest BCUT2D eigenvalue weighted by Crippen LogP contribution is -2.31. The summed E-state index contributed by atoms with van der Waals surface area (Å²) in [5.41, 5.74) is 1.78. The van der Waals surface area contributed by atoms with E-state index in [1.54, 1.807) is 24.3 Å². The Kier molecular flexibility index (Phi) is 3.26. The highest BCUT2D eigenvalue weighted by Crippen LogP contribution is 2.32. The van der Waals surface area contributed by atoms with Gasteiger partial charge in [-0.25, -0.2) is 0 Å². The van der Waals surface area contributed by atoms with E-state index < -0.39 is 0 Å². The molecular formula is C15H15ClN2O2. The second-order valence-electron chi connectivity index (χ2n) is 5.09. The number of hydrogen-bond donors (Lipinski definition) is 0. The fourth-order valence-corrected chi connectivity index (χ4v) is 2.86. The predicted octanol–water partition coefficient (Wildman–Crippen LogP) is 2.15. The third-order valence-electron chi connectivity index (χ3n) is 3.82. The zero-order valence-electron chi connectivity index (χ0n) is 11.2. The van der Waals surface area contributed by atoms with E-state index in [0.717, 1.165) is 31.5 Å². The average molecular weight is 291 g/mol. The lowest BCUT2D eigenvalue weighted by molar-refractivity contribution is -0.135. The molecule has 0 spiro atoms. The van der Waals surface area contributed by atoms with Gasteiger partial charge in [-0.2, -0.15) is 0 Å². The Morgan fingerprint density at radius 1 is 1.00 bits per heavy atom. The van der Waals surface area contributed by atoms with E-state index in [-0.39, 0.29) is 11.8 Å². The molecule has 2 heterocycles. The van der Waals surface area contributed by atoms with Crippen LogP contribution < -0.4 is 0 Å². The Bertz CT molecular complexity index is 601. The molecule has 1 saturated heterocycles. The minimum Gasteiger partial charge on any atom is -0.366 e. The number of nitrogens with zero attached hydrogens (tertiary/aromatic N) is 2. The Balaban J connectivity index is 2.12. The van der Waals surface area contributed by atoms with Crippen molar-refractivity contribution >= 4 is 29.0 Å². The molecule has 2 aliphatic heterocycles. The molecule has 0 saturated carbocycles. The summed E-state index contributed by atoms with van der Waals surface area (Å²) in [4.78, 5) is 27.9. The molecule has 2 aliphatic rings. The van der Waals surface area contributed by atoms with Crippen molar-refractivity contribution < 1.29 is 9.59 Å². The summed E-state index contributed by atoms with van der Waals surface area (Å²) in [7, 11) is 1.53. The number of likely N-dealkylation sites (N-methyl/N-ethyl adjacent to an activating group) is 1. The van der Waals surface area contributed by atoms with Gasteiger partial charge in [-0.1, -0.05) is 23.7 Å². The van der Waals surface area contributed by atoms with E-state index in [9.17, 15) is 9.59 Å². The first-order chi connectivity index (χ1) is 9.59. The molecule has 1 aromatic carbocycles. The van der Waals surface area contributed by atoms with Crippen LogP contribution in [0.2, 0.25) is 5.02 Å². The van der Waals surface area contributed by atoms with Crippen molar-refractivity contribution in [1.82, 2.24) is 9.80 Å². The minimum atomic E-state index is -0.237. The van der Waals surface area contributed by atoms with Gasteiger partial charge in [0, 0.05) is 25.2 Å². The fourth-order valence-electron chi connectivity index (χ4n) is 2.74. The number of rotatable bonds is 2. The minimum absolute atomic E-state index is 0.207. The third kappa shape index (κ3) is 2.00. The number of benzene rings is 1. The highest BCUT2D eigenvalue weighted by atomic mass is 35.5. The Morgan fingerprint density at radius 3 is 2.20 bits per heavy atom. The zero-order chi connectivity index (χ0) is 14.3. The number of amides is 2. The van der Waals surface area contributed by atoms with Gasteiger partial charge in [0.15, 0.2) is 0 Å². The molecule has 0 aromatic heterocycles. The van der Waals surface area contributed by atoms with Gasteiger partial charge in [0.05, 0.1) is 5.57 Å². The van der Waals surface area contributed by atoms with Crippen LogP contribution >= 0.6 is 11.6 Å². The Labute approximate surface area is 122 Å². The highest BCUT2D eigenvalue weighted by Gasteiger charge is 2.39. The van der Waals surface area contributed by atoms with Crippen LogP contribution in [0.25, 0.3) is 5.57 Å². The van der Waals surface area contributed by atoms with Crippen LogP contribution in [0, 0.1) is 0 Å². The normalized spacial score (nSPS) is 19.5.